The Morgan fingerprint density at radius 2 is 1.00 bits per heavy atom. The second kappa shape index (κ2) is 10.1. The molecule has 2 nitrogen and oxygen atoms in total. The van der Waals surface area contributed by atoms with Crippen molar-refractivity contribution in [2.45, 2.75) is 70.6 Å². The zero-order valence-corrected chi connectivity index (χ0v) is 24.3. The van der Waals surface area contributed by atoms with Crippen LogP contribution in [-0.2, 0) is 20.4 Å². The number of hydrogen-bond acceptors (Lipinski definition) is 2. The number of unbranched alkanes of at least 4 members (excludes halogenated alkanes) is 1. The van der Waals surface area contributed by atoms with Crippen LogP contribution in [0.3, 0.4) is 0 Å². The molecule has 0 heterocycles. The fraction of sp³-hybridized carbons (Fsp3) is 0.342. The molecule has 0 fully saturated rings. The Bertz CT molecular complexity index is 1470. The highest BCUT2D eigenvalue weighted by Gasteiger charge is 2.64. The molecule has 0 atom stereocenters. The molecule has 4 aromatic carbocycles. The van der Waals surface area contributed by atoms with E-state index in [1.165, 1.54) is 44.5 Å². The number of ether oxygens (including phenoxy) is 1. The SMILES string of the molecule is CCCCC1(C(C)(C)C2(CCC(=O)OCC)c3ccccc3-c3ccccc32)c2ccccc2-c2ccccc21. The van der Waals surface area contributed by atoms with Crippen molar-refractivity contribution in [2.24, 2.45) is 5.41 Å². The average molecular weight is 529 g/mol. The molecule has 0 bridgehead atoms. The monoisotopic (exact) mass is 528 g/mol. The zero-order valence-electron chi connectivity index (χ0n) is 24.3. The number of esters is 1. The number of hydrogen-bond donors (Lipinski definition) is 0. The summed E-state index contributed by atoms with van der Waals surface area (Å²) in [7, 11) is 0. The van der Waals surface area contributed by atoms with Crippen LogP contribution in [0, 0.1) is 5.41 Å². The molecule has 0 saturated heterocycles. The van der Waals surface area contributed by atoms with Gasteiger partial charge in [-0.1, -0.05) is 131 Å². The molecule has 0 saturated carbocycles. The van der Waals surface area contributed by atoms with E-state index in [-0.39, 0.29) is 16.8 Å². The molecule has 0 aliphatic heterocycles. The van der Waals surface area contributed by atoms with Crippen molar-refractivity contribution in [1.29, 1.82) is 0 Å². The van der Waals surface area contributed by atoms with Gasteiger partial charge in [0.05, 0.1) is 6.61 Å². The highest BCUT2D eigenvalue weighted by Crippen LogP contribution is 2.70. The fourth-order valence-corrected chi connectivity index (χ4v) is 8.49. The second-order valence-corrected chi connectivity index (χ2v) is 12.0. The van der Waals surface area contributed by atoms with E-state index in [0.29, 0.717) is 19.4 Å². The first-order valence-corrected chi connectivity index (χ1v) is 15.0. The molecule has 0 amide bonds. The van der Waals surface area contributed by atoms with Gasteiger partial charge in [0, 0.05) is 17.3 Å². The maximum atomic E-state index is 13.0. The van der Waals surface area contributed by atoms with Crippen molar-refractivity contribution >= 4 is 5.97 Å². The maximum Gasteiger partial charge on any atom is 0.305 e. The van der Waals surface area contributed by atoms with Crippen LogP contribution < -0.4 is 0 Å². The Kier molecular flexibility index (Phi) is 6.69. The van der Waals surface area contributed by atoms with Gasteiger partial charge in [0.2, 0.25) is 0 Å². The van der Waals surface area contributed by atoms with Crippen LogP contribution in [0.25, 0.3) is 22.3 Å². The summed E-state index contributed by atoms with van der Waals surface area (Å²) >= 11 is 0. The third-order valence-electron chi connectivity index (χ3n) is 10.2. The number of carbonyl (C=O) groups is 1. The highest BCUT2D eigenvalue weighted by atomic mass is 16.5. The lowest BCUT2D eigenvalue weighted by molar-refractivity contribution is -0.143. The van der Waals surface area contributed by atoms with E-state index in [4.69, 9.17) is 4.74 Å². The van der Waals surface area contributed by atoms with Gasteiger partial charge in [-0.05, 0) is 69.7 Å². The van der Waals surface area contributed by atoms with Crippen LogP contribution in [0.1, 0.15) is 82.1 Å². The van der Waals surface area contributed by atoms with Crippen LogP contribution in [0.5, 0.6) is 0 Å². The van der Waals surface area contributed by atoms with E-state index >= 15 is 0 Å². The smallest absolute Gasteiger partial charge is 0.305 e. The van der Waals surface area contributed by atoms with Crippen LogP contribution in [-0.4, -0.2) is 12.6 Å². The van der Waals surface area contributed by atoms with Crippen molar-refractivity contribution in [3.63, 3.8) is 0 Å². The van der Waals surface area contributed by atoms with Crippen LogP contribution in [0.4, 0.5) is 0 Å². The number of rotatable bonds is 9. The molecule has 204 valence electrons. The molecule has 0 radical (unpaired) electrons. The average Bonchev–Trinajstić information content (AvgIpc) is 3.45. The topological polar surface area (TPSA) is 26.3 Å². The third kappa shape index (κ3) is 3.51. The summed E-state index contributed by atoms with van der Waals surface area (Å²) in [5.74, 6) is -0.116. The number of carbonyl (C=O) groups excluding carboxylic acids is 1. The lowest BCUT2D eigenvalue weighted by Gasteiger charge is -2.57. The lowest BCUT2D eigenvalue weighted by atomic mass is 9.45. The van der Waals surface area contributed by atoms with Crippen LogP contribution in [0.2, 0.25) is 0 Å². The molecule has 0 spiro atoms. The fourth-order valence-electron chi connectivity index (χ4n) is 8.49. The predicted octanol–water partition coefficient (Wildman–Crippen LogP) is 9.48. The summed E-state index contributed by atoms with van der Waals surface area (Å²) in [6.07, 6.45) is 4.39. The molecule has 6 rings (SSSR count). The first-order valence-electron chi connectivity index (χ1n) is 15.0. The zero-order chi connectivity index (χ0) is 28.0. The van der Waals surface area contributed by atoms with Gasteiger partial charge in [0.1, 0.15) is 0 Å². The van der Waals surface area contributed by atoms with Crippen molar-refractivity contribution in [1.82, 2.24) is 0 Å². The van der Waals surface area contributed by atoms with Gasteiger partial charge in [0.25, 0.3) is 0 Å². The summed E-state index contributed by atoms with van der Waals surface area (Å²) in [6.45, 7) is 9.58. The van der Waals surface area contributed by atoms with E-state index in [1.54, 1.807) is 0 Å². The van der Waals surface area contributed by atoms with Crippen molar-refractivity contribution < 1.29 is 9.53 Å². The molecule has 0 unspecified atom stereocenters. The number of benzene rings is 4. The molecule has 0 aromatic heterocycles. The lowest BCUT2D eigenvalue weighted by Crippen LogP contribution is -2.55. The Hall–Kier alpha value is -3.65. The van der Waals surface area contributed by atoms with Gasteiger partial charge in [-0.2, -0.15) is 0 Å². The largest absolute Gasteiger partial charge is 0.466 e. The minimum absolute atomic E-state index is 0.116. The third-order valence-corrected chi connectivity index (χ3v) is 10.2. The summed E-state index contributed by atoms with van der Waals surface area (Å²) in [4.78, 5) is 13.0. The molecule has 2 heteroatoms. The summed E-state index contributed by atoms with van der Waals surface area (Å²) in [5.41, 5.74) is 9.86. The van der Waals surface area contributed by atoms with Gasteiger partial charge >= 0.3 is 5.97 Å². The maximum absolute atomic E-state index is 13.0. The quantitative estimate of drug-likeness (QED) is 0.202. The predicted molar refractivity (Wildman–Crippen MR) is 164 cm³/mol. The van der Waals surface area contributed by atoms with Crippen molar-refractivity contribution in [3.05, 3.63) is 119 Å². The Balaban J connectivity index is 1.70. The van der Waals surface area contributed by atoms with E-state index < -0.39 is 5.41 Å². The van der Waals surface area contributed by atoms with Gasteiger partial charge in [-0.15, -0.1) is 0 Å². The normalized spacial score (nSPS) is 15.6. The Morgan fingerprint density at radius 1 is 0.625 bits per heavy atom. The van der Waals surface area contributed by atoms with Gasteiger partial charge in [-0.25, -0.2) is 0 Å². The summed E-state index contributed by atoms with van der Waals surface area (Å²) in [6, 6.07) is 36.0. The second-order valence-electron chi connectivity index (χ2n) is 12.0. The van der Waals surface area contributed by atoms with Gasteiger partial charge in [-0.3, -0.25) is 4.79 Å². The van der Waals surface area contributed by atoms with Crippen LogP contribution >= 0.6 is 0 Å². The summed E-state index contributed by atoms with van der Waals surface area (Å²) in [5, 5.41) is 0. The van der Waals surface area contributed by atoms with E-state index in [2.05, 4.69) is 118 Å². The minimum atomic E-state index is -0.398. The standard InChI is InChI=1S/C38H40O2/c1-5-7-25-37(31-20-12-8-16-27(31)28-17-9-13-21-32(28)37)36(3,4)38(26-24-35(39)40-6-2)33-22-14-10-18-29(33)30-19-11-15-23-34(30)38/h8-23H,5-7,24-26H2,1-4H3. The molecule has 2 aliphatic carbocycles. The number of fused-ring (bicyclic) bond motifs is 6. The van der Waals surface area contributed by atoms with Crippen molar-refractivity contribution in [2.75, 3.05) is 6.61 Å². The summed E-state index contributed by atoms with van der Waals surface area (Å²) < 4.78 is 5.52. The van der Waals surface area contributed by atoms with Gasteiger partial charge < -0.3 is 4.74 Å². The van der Waals surface area contributed by atoms with Crippen LogP contribution in [0.15, 0.2) is 97.1 Å². The van der Waals surface area contributed by atoms with E-state index in [0.717, 1.165) is 19.3 Å². The molecule has 4 aromatic rings. The van der Waals surface area contributed by atoms with E-state index in [9.17, 15) is 4.79 Å². The molecular formula is C38H40O2. The van der Waals surface area contributed by atoms with Gasteiger partial charge in [0.15, 0.2) is 0 Å². The molecule has 0 N–H and O–H groups in total. The Labute approximate surface area is 239 Å². The minimum Gasteiger partial charge on any atom is -0.466 e. The van der Waals surface area contributed by atoms with Crippen molar-refractivity contribution in [3.8, 4) is 22.3 Å². The first kappa shape index (κ1) is 26.6. The molecule has 2 aliphatic rings. The van der Waals surface area contributed by atoms with E-state index in [1.807, 2.05) is 6.92 Å². The molecular weight excluding hydrogens is 488 g/mol. The Morgan fingerprint density at radius 3 is 1.38 bits per heavy atom. The molecule has 40 heavy (non-hydrogen) atoms. The highest BCUT2D eigenvalue weighted by molar-refractivity contribution is 5.85. The first-order chi connectivity index (χ1) is 19.4.